The van der Waals surface area contributed by atoms with Crippen molar-refractivity contribution in [3.63, 3.8) is 0 Å². The highest BCUT2D eigenvalue weighted by molar-refractivity contribution is 4.93. The normalized spacial score (nSPS) is 32.3. The molecule has 194 valence electrons. The maximum atomic E-state index is 12.2. The molecule has 0 aromatic carbocycles. The van der Waals surface area contributed by atoms with Gasteiger partial charge in [-0.3, -0.25) is 14.3 Å². The average molecular weight is 487 g/mol. The summed E-state index contributed by atoms with van der Waals surface area (Å²) in [5, 5.41) is 34.4. The summed E-state index contributed by atoms with van der Waals surface area (Å²) in [5.41, 5.74) is 4.36. The van der Waals surface area contributed by atoms with Gasteiger partial charge in [0.25, 0.3) is 5.56 Å². The van der Waals surface area contributed by atoms with E-state index in [1.165, 1.54) is 31.5 Å². The quantitative estimate of drug-likeness (QED) is 0.180. The third-order valence-corrected chi connectivity index (χ3v) is 6.32. The van der Waals surface area contributed by atoms with Crippen molar-refractivity contribution in [3.8, 4) is 0 Å². The number of aromatic nitrogens is 2. The minimum Gasteiger partial charge on any atom is -0.388 e. The van der Waals surface area contributed by atoms with Crippen LogP contribution in [-0.2, 0) is 14.2 Å². The number of aliphatic hydroxyl groups excluding tert-OH is 3. The van der Waals surface area contributed by atoms with Crippen LogP contribution in [0.1, 0.15) is 51.7 Å². The second kappa shape index (κ2) is 12.9. The molecule has 0 amide bonds. The molecular formula is C22H38N4O8. The fraction of sp³-hybridized carbons (Fsp3) is 0.818. The molecule has 8 atom stereocenters. The Morgan fingerprint density at radius 2 is 1.97 bits per heavy atom. The van der Waals surface area contributed by atoms with Crippen molar-refractivity contribution in [1.29, 1.82) is 0 Å². The minimum atomic E-state index is -1.28. The monoisotopic (exact) mass is 486 g/mol. The molecule has 12 heteroatoms. The molecule has 0 saturated carbocycles. The molecule has 0 spiro atoms. The second-order valence-corrected chi connectivity index (χ2v) is 8.94. The highest BCUT2D eigenvalue weighted by Gasteiger charge is 2.46. The van der Waals surface area contributed by atoms with Crippen LogP contribution in [0.4, 0.5) is 0 Å². The third-order valence-electron chi connectivity index (χ3n) is 6.32. The van der Waals surface area contributed by atoms with Gasteiger partial charge in [0, 0.05) is 31.8 Å². The van der Waals surface area contributed by atoms with Crippen molar-refractivity contribution in [1.82, 2.24) is 14.9 Å². The number of hydrogen-bond donors (Lipinski definition) is 6. The molecule has 2 aliphatic rings. The maximum absolute atomic E-state index is 12.2. The minimum absolute atomic E-state index is 0.0224. The summed E-state index contributed by atoms with van der Waals surface area (Å²) in [4.78, 5) is 25.7. The topological polar surface area (TPSA) is 181 Å². The zero-order chi connectivity index (χ0) is 24.7. The largest absolute Gasteiger partial charge is 0.388 e. The SMILES string of the molecule is CCCCCCCNC[C@H](O[C@@H]1O[C@H](CN)[C@@H](O)[C@H]1O)[C@@H]1C[C@@H](O)[C@H](n2ccc(=O)[nH]c2=O)O1. The highest BCUT2D eigenvalue weighted by Crippen LogP contribution is 2.32. The molecule has 2 fully saturated rings. The molecule has 1 aromatic rings. The molecule has 3 rings (SSSR count). The van der Waals surface area contributed by atoms with E-state index in [9.17, 15) is 24.9 Å². The summed E-state index contributed by atoms with van der Waals surface area (Å²) in [5.74, 6) is 0. The van der Waals surface area contributed by atoms with Crippen LogP contribution in [0.2, 0.25) is 0 Å². The summed E-state index contributed by atoms with van der Waals surface area (Å²) in [6.07, 6.45) is -0.584. The van der Waals surface area contributed by atoms with Crippen molar-refractivity contribution >= 4 is 0 Å². The van der Waals surface area contributed by atoms with E-state index in [-0.39, 0.29) is 13.0 Å². The van der Waals surface area contributed by atoms with Gasteiger partial charge in [-0.05, 0) is 13.0 Å². The number of hydrogen-bond acceptors (Lipinski definition) is 10. The van der Waals surface area contributed by atoms with Crippen LogP contribution in [0.5, 0.6) is 0 Å². The summed E-state index contributed by atoms with van der Waals surface area (Å²) in [7, 11) is 0. The zero-order valence-electron chi connectivity index (χ0n) is 19.5. The molecule has 0 bridgehead atoms. The summed E-state index contributed by atoms with van der Waals surface area (Å²) in [6.45, 7) is 3.28. The van der Waals surface area contributed by atoms with Gasteiger partial charge >= 0.3 is 5.69 Å². The van der Waals surface area contributed by atoms with Crippen LogP contribution >= 0.6 is 0 Å². The van der Waals surface area contributed by atoms with Gasteiger partial charge < -0.3 is 40.6 Å². The number of unbranched alkanes of at least 4 members (excludes halogenated alkanes) is 4. The van der Waals surface area contributed by atoms with E-state index < -0.39 is 60.4 Å². The van der Waals surface area contributed by atoms with E-state index in [0.29, 0.717) is 6.54 Å². The number of nitrogens with zero attached hydrogens (tertiary/aromatic N) is 1. The van der Waals surface area contributed by atoms with Gasteiger partial charge in [0.05, 0.1) is 12.2 Å². The summed E-state index contributed by atoms with van der Waals surface area (Å²) >= 11 is 0. The van der Waals surface area contributed by atoms with Crippen LogP contribution in [0.3, 0.4) is 0 Å². The molecule has 12 nitrogen and oxygen atoms in total. The summed E-state index contributed by atoms with van der Waals surface area (Å²) in [6, 6.07) is 1.18. The lowest BCUT2D eigenvalue weighted by Gasteiger charge is -2.28. The van der Waals surface area contributed by atoms with Gasteiger partial charge in [0.1, 0.15) is 24.4 Å². The van der Waals surface area contributed by atoms with E-state index in [2.05, 4.69) is 17.2 Å². The van der Waals surface area contributed by atoms with Gasteiger partial charge in [-0.25, -0.2) is 4.79 Å². The first-order valence-electron chi connectivity index (χ1n) is 12.1. The van der Waals surface area contributed by atoms with E-state index in [1.54, 1.807) is 0 Å². The van der Waals surface area contributed by atoms with E-state index in [4.69, 9.17) is 19.9 Å². The molecule has 2 saturated heterocycles. The number of nitrogens with two attached hydrogens (primary N) is 1. The Hall–Kier alpha value is -1.64. The lowest BCUT2D eigenvalue weighted by molar-refractivity contribution is -0.213. The lowest BCUT2D eigenvalue weighted by atomic mass is 10.1. The van der Waals surface area contributed by atoms with E-state index in [1.807, 2.05) is 0 Å². The van der Waals surface area contributed by atoms with Crippen molar-refractivity contribution in [2.24, 2.45) is 5.73 Å². The van der Waals surface area contributed by atoms with Crippen LogP contribution in [0.15, 0.2) is 21.9 Å². The number of rotatable bonds is 13. The van der Waals surface area contributed by atoms with Crippen molar-refractivity contribution in [2.75, 3.05) is 19.6 Å². The first-order chi connectivity index (χ1) is 16.3. The Balaban J connectivity index is 1.66. The Kier molecular flexibility index (Phi) is 10.2. The van der Waals surface area contributed by atoms with Gasteiger partial charge in [-0.15, -0.1) is 0 Å². The number of nitrogens with one attached hydrogen (secondary N) is 2. The first kappa shape index (κ1) is 27.0. The standard InChI is InChI=1S/C22H38N4O8/c1-2-3-4-5-6-8-24-12-16(34-21-19(30)18(29)15(11-23)33-21)14-10-13(27)20(32-14)26-9-7-17(28)25-22(26)31/h7,9,13-16,18-21,24,27,29-30H,2-6,8,10-12,23H2,1H3,(H,25,28,31)/t13-,14+,15-,16+,18-,19-,20-,21+/m1/s1. The predicted octanol–water partition coefficient (Wildman–Crippen LogP) is -1.46. The Morgan fingerprint density at radius 1 is 1.21 bits per heavy atom. The lowest BCUT2D eigenvalue weighted by Crippen LogP contribution is -2.44. The molecule has 0 radical (unpaired) electrons. The van der Waals surface area contributed by atoms with Gasteiger partial charge in [0.15, 0.2) is 12.5 Å². The van der Waals surface area contributed by atoms with E-state index in [0.717, 1.165) is 24.0 Å². The fourth-order valence-corrected chi connectivity index (χ4v) is 4.36. The maximum Gasteiger partial charge on any atom is 0.330 e. The third kappa shape index (κ3) is 6.73. The average Bonchev–Trinajstić information content (AvgIpc) is 3.32. The van der Waals surface area contributed by atoms with Gasteiger partial charge in [-0.1, -0.05) is 32.6 Å². The van der Waals surface area contributed by atoms with Crippen LogP contribution in [0, 0.1) is 0 Å². The van der Waals surface area contributed by atoms with Crippen molar-refractivity contribution < 1.29 is 29.5 Å². The fourth-order valence-electron chi connectivity index (χ4n) is 4.36. The molecule has 7 N–H and O–H groups in total. The molecule has 0 aliphatic carbocycles. The molecular weight excluding hydrogens is 448 g/mol. The van der Waals surface area contributed by atoms with Crippen molar-refractivity contribution in [2.45, 2.75) is 94.6 Å². The zero-order valence-corrected chi connectivity index (χ0v) is 19.5. The Labute approximate surface area is 198 Å². The molecule has 3 heterocycles. The smallest absolute Gasteiger partial charge is 0.330 e. The molecule has 2 aliphatic heterocycles. The Bertz CT molecular complexity index is 864. The van der Waals surface area contributed by atoms with Crippen LogP contribution in [0.25, 0.3) is 0 Å². The van der Waals surface area contributed by atoms with Gasteiger partial charge in [0.2, 0.25) is 0 Å². The van der Waals surface area contributed by atoms with Crippen LogP contribution in [-0.4, -0.2) is 87.4 Å². The summed E-state index contributed by atoms with van der Waals surface area (Å²) < 4.78 is 18.7. The molecule has 0 unspecified atom stereocenters. The van der Waals surface area contributed by atoms with Crippen molar-refractivity contribution in [3.05, 3.63) is 33.1 Å². The second-order valence-electron chi connectivity index (χ2n) is 8.94. The van der Waals surface area contributed by atoms with E-state index >= 15 is 0 Å². The molecule has 34 heavy (non-hydrogen) atoms. The highest BCUT2D eigenvalue weighted by atomic mass is 16.7. The van der Waals surface area contributed by atoms with Crippen LogP contribution < -0.4 is 22.3 Å². The number of ether oxygens (including phenoxy) is 3. The first-order valence-corrected chi connectivity index (χ1v) is 12.1. The number of aliphatic hydroxyl groups is 3. The molecule has 1 aromatic heterocycles. The number of H-pyrrole nitrogens is 1. The number of aromatic amines is 1. The van der Waals surface area contributed by atoms with Gasteiger partial charge in [-0.2, -0.15) is 0 Å². The predicted molar refractivity (Wildman–Crippen MR) is 122 cm³/mol. The Morgan fingerprint density at radius 3 is 2.65 bits per heavy atom.